The number of nitrogens with one attached hydrogen (secondary N) is 1. The van der Waals surface area contributed by atoms with Crippen LogP contribution >= 0.6 is 12.4 Å². The Bertz CT molecular complexity index is 706. The van der Waals surface area contributed by atoms with E-state index < -0.39 is 6.04 Å². The van der Waals surface area contributed by atoms with Gasteiger partial charge in [-0.05, 0) is 37.0 Å². The van der Waals surface area contributed by atoms with Gasteiger partial charge in [0, 0.05) is 19.1 Å². The van der Waals surface area contributed by atoms with Crippen LogP contribution in [-0.4, -0.2) is 35.8 Å². The van der Waals surface area contributed by atoms with Gasteiger partial charge in [-0.25, -0.2) is 0 Å². The van der Waals surface area contributed by atoms with Crippen LogP contribution in [0.25, 0.3) is 0 Å². The number of likely N-dealkylation sites (tertiary alicyclic amines) is 1. The molecule has 3 N–H and O–H groups in total. The van der Waals surface area contributed by atoms with Crippen molar-refractivity contribution in [1.29, 1.82) is 0 Å². The van der Waals surface area contributed by atoms with Gasteiger partial charge in [0.2, 0.25) is 5.91 Å². The molecule has 0 aliphatic carbocycles. The van der Waals surface area contributed by atoms with Gasteiger partial charge in [0.1, 0.15) is 6.04 Å². The zero-order chi connectivity index (χ0) is 17.6. The van der Waals surface area contributed by atoms with Crippen molar-refractivity contribution in [1.82, 2.24) is 10.2 Å². The quantitative estimate of drug-likeness (QED) is 0.837. The molecule has 26 heavy (non-hydrogen) atoms. The minimum Gasteiger partial charge on any atom is -0.459 e. The van der Waals surface area contributed by atoms with E-state index in [-0.39, 0.29) is 36.0 Å². The summed E-state index contributed by atoms with van der Waals surface area (Å²) in [6.45, 7) is 0.893. The Kier molecular flexibility index (Phi) is 7.24. The number of furan rings is 1. The molecule has 2 atom stereocenters. The summed E-state index contributed by atoms with van der Waals surface area (Å²) in [4.78, 5) is 26.8. The second-order valence-corrected chi connectivity index (χ2v) is 6.25. The third-order valence-electron chi connectivity index (χ3n) is 4.52. The largest absolute Gasteiger partial charge is 0.459 e. The molecule has 2 heterocycles. The van der Waals surface area contributed by atoms with Crippen LogP contribution in [0.5, 0.6) is 0 Å². The molecule has 1 aliphatic heterocycles. The van der Waals surface area contributed by atoms with Crippen LogP contribution in [0.2, 0.25) is 0 Å². The second kappa shape index (κ2) is 9.40. The molecule has 0 radical (unpaired) electrons. The zero-order valence-electron chi connectivity index (χ0n) is 14.5. The zero-order valence-corrected chi connectivity index (χ0v) is 15.3. The molecule has 1 fully saturated rings. The van der Waals surface area contributed by atoms with Crippen molar-refractivity contribution in [2.75, 3.05) is 13.1 Å². The number of nitrogens with two attached hydrogens (primary N) is 1. The van der Waals surface area contributed by atoms with Crippen molar-refractivity contribution in [3.8, 4) is 0 Å². The first-order chi connectivity index (χ1) is 12.2. The number of carbonyl (C=O) groups excluding carboxylic acids is 2. The molecule has 2 amide bonds. The van der Waals surface area contributed by atoms with Crippen molar-refractivity contribution in [2.45, 2.75) is 31.3 Å². The van der Waals surface area contributed by atoms with Gasteiger partial charge in [-0.15, -0.1) is 12.4 Å². The molecule has 2 aromatic rings. The van der Waals surface area contributed by atoms with Gasteiger partial charge in [0.15, 0.2) is 5.76 Å². The number of amides is 2. The molecule has 0 saturated carbocycles. The smallest absolute Gasteiger partial charge is 0.290 e. The van der Waals surface area contributed by atoms with E-state index >= 15 is 0 Å². The number of hydrogen-bond donors (Lipinski definition) is 2. The van der Waals surface area contributed by atoms with Crippen molar-refractivity contribution in [3.05, 3.63) is 60.1 Å². The van der Waals surface area contributed by atoms with E-state index in [0.29, 0.717) is 19.5 Å². The van der Waals surface area contributed by atoms with Crippen LogP contribution in [0.4, 0.5) is 0 Å². The highest BCUT2D eigenvalue weighted by Gasteiger charge is 2.33. The first-order valence-corrected chi connectivity index (χ1v) is 8.59. The average Bonchev–Trinajstić information content (AvgIpc) is 3.20. The highest BCUT2D eigenvalue weighted by Crippen LogP contribution is 2.20. The molecule has 1 aromatic carbocycles. The molecule has 1 saturated heterocycles. The van der Waals surface area contributed by atoms with Crippen molar-refractivity contribution < 1.29 is 14.0 Å². The van der Waals surface area contributed by atoms with Crippen molar-refractivity contribution in [2.24, 2.45) is 5.73 Å². The predicted molar refractivity (Wildman–Crippen MR) is 101 cm³/mol. The standard InChI is InChI=1S/C19H23N3O3.ClH/c20-15(14-7-2-1-3-8-14)13-21-18(23)16-9-4-5-11-22(16)19(24)17-10-6-12-25-17;/h1-3,6-8,10,12,15-16H,4-5,9,11,13,20H2,(H,21,23);1H. The maximum absolute atomic E-state index is 12.6. The number of benzene rings is 1. The van der Waals surface area contributed by atoms with Crippen molar-refractivity contribution in [3.63, 3.8) is 0 Å². The Morgan fingerprint density at radius 2 is 1.96 bits per heavy atom. The fraction of sp³-hybridized carbons (Fsp3) is 0.368. The van der Waals surface area contributed by atoms with E-state index in [1.807, 2.05) is 30.3 Å². The topological polar surface area (TPSA) is 88.6 Å². The monoisotopic (exact) mass is 377 g/mol. The summed E-state index contributed by atoms with van der Waals surface area (Å²) in [5.74, 6) is -0.135. The lowest BCUT2D eigenvalue weighted by Crippen LogP contribution is -2.52. The van der Waals surface area contributed by atoms with Crippen LogP contribution in [0.15, 0.2) is 53.1 Å². The maximum atomic E-state index is 12.6. The average molecular weight is 378 g/mol. The van der Waals surface area contributed by atoms with Gasteiger partial charge in [-0.2, -0.15) is 0 Å². The number of rotatable bonds is 5. The molecule has 3 rings (SSSR count). The molecule has 1 aromatic heterocycles. The lowest BCUT2D eigenvalue weighted by atomic mass is 10.0. The summed E-state index contributed by atoms with van der Waals surface area (Å²) >= 11 is 0. The fourth-order valence-corrected chi connectivity index (χ4v) is 3.14. The molecular formula is C19H24ClN3O3. The summed E-state index contributed by atoms with van der Waals surface area (Å²) in [5.41, 5.74) is 7.10. The van der Waals surface area contributed by atoms with E-state index in [1.165, 1.54) is 6.26 Å². The molecule has 1 aliphatic rings. The molecule has 0 spiro atoms. The van der Waals surface area contributed by atoms with E-state index in [1.54, 1.807) is 17.0 Å². The fourth-order valence-electron chi connectivity index (χ4n) is 3.14. The SMILES string of the molecule is Cl.NC(CNC(=O)C1CCCCN1C(=O)c1ccco1)c1ccccc1. The molecule has 0 bridgehead atoms. The Hall–Kier alpha value is -2.31. The third-order valence-corrected chi connectivity index (χ3v) is 4.52. The summed E-state index contributed by atoms with van der Waals surface area (Å²) < 4.78 is 5.19. The van der Waals surface area contributed by atoms with Gasteiger partial charge in [0.25, 0.3) is 5.91 Å². The normalized spacial score (nSPS) is 17.9. The highest BCUT2D eigenvalue weighted by atomic mass is 35.5. The molecule has 140 valence electrons. The maximum Gasteiger partial charge on any atom is 0.290 e. The Morgan fingerprint density at radius 3 is 2.65 bits per heavy atom. The minimum absolute atomic E-state index is 0. The highest BCUT2D eigenvalue weighted by molar-refractivity contribution is 5.95. The minimum atomic E-state index is -0.477. The number of halogens is 1. The van der Waals surface area contributed by atoms with Crippen LogP contribution in [0.3, 0.4) is 0 Å². The molecular weight excluding hydrogens is 354 g/mol. The Balaban J connectivity index is 0.00000243. The Labute approximate surface area is 159 Å². The van der Waals surface area contributed by atoms with E-state index in [0.717, 1.165) is 18.4 Å². The summed E-state index contributed by atoms with van der Waals surface area (Å²) in [6, 6.07) is 12.2. The van der Waals surface area contributed by atoms with Crippen LogP contribution in [0.1, 0.15) is 41.4 Å². The van der Waals surface area contributed by atoms with Crippen LogP contribution in [-0.2, 0) is 4.79 Å². The summed E-state index contributed by atoms with van der Waals surface area (Å²) in [5, 5.41) is 2.89. The summed E-state index contributed by atoms with van der Waals surface area (Å²) in [7, 11) is 0. The van der Waals surface area contributed by atoms with Crippen LogP contribution in [0, 0.1) is 0 Å². The molecule has 6 nitrogen and oxygen atoms in total. The first-order valence-electron chi connectivity index (χ1n) is 8.59. The number of hydrogen-bond acceptors (Lipinski definition) is 4. The van der Waals surface area contributed by atoms with Gasteiger partial charge in [0.05, 0.1) is 6.26 Å². The van der Waals surface area contributed by atoms with Gasteiger partial charge >= 0.3 is 0 Å². The van der Waals surface area contributed by atoms with Crippen LogP contribution < -0.4 is 11.1 Å². The van der Waals surface area contributed by atoms with Gasteiger partial charge in [-0.1, -0.05) is 30.3 Å². The molecule has 7 heteroatoms. The summed E-state index contributed by atoms with van der Waals surface area (Å²) in [6.07, 6.45) is 3.93. The van der Waals surface area contributed by atoms with Crippen molar-refractivity contribution >= 4 is 24.2 Å². The number of carbonyl (C=O) groups is 2. The lowest BCUT2D eigenvalue weighted by Gasteiger charge is -2.34. The number of nitrogens with zero attached hydrogens (tertiary/aromatic N) is 1. The van der Waals surface area contributed by atoms with E-state index in [9.17, 15) is 9.59 Å². The van der Waals surface area contributed by atoms with E-state index in [2.05, 4.69) is 5.32 Å². The van der Waals surface area contributed by atoms with E-state index in [4.69, 9.17) is 10.2 Å². The molecule has 2 unspecified atom stereocenters. The third kappa shape index (κ3) is 4.65. The second-order valence-electron chi connectivity index (χ2n) is 6.25. The lowest BCUT2D eigenvalue weighted by molar-refractivity contribution is -0.126. The number of piperidine rings is 1. The Morgan fingerprint density at radius 1 is 1.19 bits per heavy atom. The first kappa shape index (κ1) is 20.0. The van der Waals surface area contributed by atoms with Gasteiger partial charge in [-0.3, -0.25) is 9.59 Å². The van der Waals surface area contributed by atoms with Gasteiger partial charge < -0.3 is 20.4 Å². The predicted octanol–water partition coefficient (Wildman–Crippen LogP) is 2.51.